The van der Waals surface area contributed by atoms with Crippen LogP contribution >= 0.6 is 0 Å². The van der Waals surface area contributed by atoms with Crippen LogP contribution in [-0.4, -0.2) is 27.4 Å². The van der Waals surface area contributed by atoms with Gasteiger partial charge in [0, 0.05) is 11.8 Å². The molecule has 8 nitrogen and oxygen atoms in total. The monoisotopic (exact) mass is 267 g/mol. The number of carbonyl (C=O) groups is 2. The van der Waals surface area contributed by atoms with Crippen LogP contribution in [-0.2, 0) is 4.79 Å². The molecule has 0 aromatic heterocycles. The molecule has 0 spiro atoms. The smallest absolute Gasteiger partial charge is 0.342 e. The van der Waals surface area contributed by atoms with Crippen molar-refractivity contribution in [1.29, 1.82) is 0 Å². The predicted molar refractivity (Wildman–Crippen MR) is 67.0 cm³/mol. The normalized spacial score (nSPS) is 10.8. The zero-order valence-corrected chi connectivity index (χ0v) is 10.3. The number of rotatable bonds is 5. The van der Waals surface area contributed by atoms with Gasteiger partial charge in [-0.05, 0) is 26.0 Å². The maximum Gasteiger partial charge on any atom is 0.342 e. The summed E-state index contributed by atoms with van der Waals surface area (Å²) in [5.74, 6) is -2.04. The van der Waals surface area contributed by atoms with E-state index >= 15 is 0 Å². The first-order valence-corrected chi connectivity index (χ1v) is 5.25. The number of nitrogens with zero attached hydrogens (tertiary/aromatic N) is 1. The van der Waals surface area contributed by atoms with Crippen LogP contribution in [0.15, 0.2) is 18.2 Å². The average Bonchev–Trinajstić information content (AvgIpc) is 2.27. The zero-order valence-electron chi connectivity index (χ0n) is 10.3. The van der Waals surface area contributed by atoms with Gasteiger partial charge < -0.3 is 16.2 Å². The highest BCUT2D eigenvalue weighted by molar-refractivity contribution is 5.93. The van der Waals surface area contributed by atoms with Gasteiger partial charge in [0.15, 0.2) is 0 Å². The van der Waals surface area contributed by atoms with Gasteiger partial charge in [0.1, 0.15) is 11.1 Å². The molecule has 0 unspecified atom stereocenters. The summed E-state index contributed by atoms with van der Waals surface area (Å²) >= 11 is 0. The Balaban J connectivity index is 3.20. The van der Waals surface area contributed by atoms with Crippen molar-refractivity contribution >= 4 is 23.3 Å². The minimum absolute atomic E-state index is 0.237. The SMILES string of the molecule is CC(C)(Nc1ccc(C(=O)O)c([N+](=O)[O-])c1)C(N)=O. The summed E-state index contributed by atoms with van der Waals surface area (Å²) < 4.78 is 0. The summed E-state index contributed by atoms with van der Waals surface area (Å²) in [7, 11) is 0. The van der Waals surface area contributed by atoms with Crippen LogP contribution in [0.4, 0.5) is 11.4 Å². The van der Waals surface area contributed by atoms with Crippen molar-refractivity contribution in [3.63, 3.8) is 0 Å². The number of nitrogens with one attached hydrogen (secondary N) is 1. The Labute approximate surface area is 108 Å². The number of nitrogens with two attached hydrogens (primary N) is 1. The van der Waals surface area contributed by atoms with Crippen molar-refractivity contribution in [1.82, 2.24) is 0 Å². The molecule has 0 fully saturated rings. The fourth-order valence-electron chi connectivity index (χ4n) is 1.36. The minimum atomic E-state index is -1.40. The van der Waals surface area contributed by atoms with Crippen LogP contribution in [0.2, 0.25) is 0 Å². The molecule has 0 aliphatic carbocycles. The first-order valence-electron chi connectivity index (χ1n) is 5.25. The standard InChI is InChI=1S/C11H13N3O5/c1-11(2,10(12)17)13-6-3-4-7(9(15)16)8(5-6)14(18)19/h3-5,13H,1-2H3,(H2,12,17)(H,15,16). The van der Waals surface area contributed by atoms with Crippen molar-refractivity contribution in [3.8, 4) is 0 Å². The highest BCUT2D eigenvalue weighted by Gasteiger charge is 2.26. The molecule has 0 aliphatic heterocycles. The third kappa shape index (κ3) is 3.18. The fraction of sp³-hybridized carbons (Fsp3) is 0.273. The Morgan fingerprint density at radius 3 is 2.42 bits per heavy atom. The van der Waals surface area contributed by atoms with Gasteiger partial charge in [-0.15, -0.1) is 0 Å². The number of amides is 1. The number of nitro groups is 1. The summed E-state index contributed by atoms with van der Waals surface area (Å²) in [5.41, 5.74) is 3.31. The van der Waals surface area contributed by atoms with E-state index in [0.29, 0.717) is 0 Å². The van der Waals surface area contributed by atoms with Gasteiger partial charge in [-0.2, -0.15) is 0 Å². The lowest BCUT2D eigenvalue weighted by Crippen LogP contribution is -2.45. The number of anilines is 1. The maximum atomic E-state index is 11.2. The lowest BCUT2D eigenvalue weighted by Gasteiger charge is -2.23. The van der Waals surface area contributed by atoms with Gasteiger partial charge in [-0.25, -0.2) is 4.79 Å². The molecule has 102 valence electrons. The molecule has 0 heterocycles. The van der Waals surface area contributed by atoms with E-state index in [2.05, 4.69) is 5.32 Å². The Bertz CT molecular complexity index is 553. The van der Waals surface area contributed by atoms with E-state index in [0.717, 1.165) is 12.1 Å². The topological polar surface area (TPSA) is 136 Å². The van der Waals surface area contributed by atoms with Crippen LogP contribution in [0.1, 0.15) is 24.2 Å². The third-order valence-corrected chi connectivity index (χ3v) is 2.50. The molecular weight excluding hydrogens is 254 g/mol. The first kappa shape index (κ1) is 14.4. The molecule has 0 bridgehead atoms. The van der Waals surface area contributed by atoms with Gasteiger partial charge in [-0.1, -0.05) is 0 Å². The molecule has 19 heavy (non-hydrogen) atoms. The molecule has 1 aromatic carbocycles. The van der Waals surface area contributed by atoms with Crippen LogP contribution in [0, 0.1) is 10.1 Å². The van der Waals surface area contributed by atoms with Gasteiger partial charge in [0.25, 0.3) is 5.69 Å². The maximum absolute atomic E-state index is 11.2. The van der Waals surface area contributed by atoms with E-state index in [4.69, 9.17) is 10.8 Å². The van der Waals surface area contributed by atoms with E-state index in [-0.39, 0.29) is 5.69 Å². The highest BCUT2D eigenvalue weighted by Crippen LogP contribution is 2.25. The molecule has 0 saturated heterocycles. The Morgan fingerprint density at radius 1 is 1.42 bits per heavy atom. The second-order valence-corrected chi connectivity index (χ2v) is 4.41. The predicted octanol–water partition coefficient (Wildman–Crippen LogP) is 0.969. The first-order chi connectivity index (χ1) is 8.65. The molecular formula is C11H13N3O5. The molecule has 0 saturated carbocycles. The summed E-state index contributed by atoms with van der Waals surface area (Å²) in [6.45, 7) is 3.01. The van der Waals surface area contributed by atoms with Crippen LogP contribution in [0.5, 0.6) is 0 Å². The minimum Gasteiger partial charge on any atom is -0.477 e. The van der Waals surface area contributed by atoms with Crippen molar-refractivity contribution < 1.29 is 19.6 Å². The van der Waals surface area contributed by atoms with Crippen molar-refractivity contribution in [3.05, 3.63) is 33.9 Å². The van der Waals surface area contributed by atoms with Crippen molar-refractivity contribution in [2.75, 3.05) is 5.32 Å². The number of primary amides is 1. The molecule has 0 radical (unpaired) electrons. The summed E-state index contributed by atoms with van der Waals surface area (Å²) in [6.07, 6.45) is 0. The zero-order chi connectivity index (χ0) is 14.8. The fourth-order valence-corrected chi connectivity index (χ4v) is 1.36. The molecule has 1 amide bonds. The van der Waals surface area contributed by atoms with Gasteiger partial charge in [0.05, 0.1) is 4.92 Å². The number of carboxylic acid groups (broad SMARTS) is 1. The van der Waals surface area contributed by atoms with Gasteiger partial charge >= 0.3 is 5.97 Å². The van der Waals surface area contributed by atoms with Gasteiger partial charge in [-0.3, -0.25) is 14.9 Å². The molecule has 1 rings (SSSR count). The van der Waals surface area contributed by atoms with Crippen LogP contribution < -0.4 is 11.1 Å². The number of aromatic carboxylic acids is 1. The number of carboxylic acids is 1. The number of carbonyl (C=O) groups excluding carboxylic acids is 1. The van der Waals surface area contributed by atoms with Crippen molar-refractivity contribution in [2.24, 2.45) is 5.73 Å². The van der Waals surface area contributed by atoms with E-state index < -0.39 is 33.6 Å². The van der Waals surface area contributed by atoms with E-state index in [9.17, 15) is 19.7 Å². The Hall–Kier alpha value is -2.64. The van der Waals surface area contributed by atoms with E-state index in [1.165, 1.54) is 19.9 Å². The molecule has 1 aromatic rings. The largest absolute Gasteiger partial charge is 0.477 e. The molecule has 8 heteroatoms. The third-order valence-electron chi connectivity index (χ3n) is 2.50. The van der Waals surface area contributed by atoms with Gasteiger partial charge in [0.2, 0.25) is 5.91 Å². The number of benzene rings is 1. The quantitative estimate of drug-likeness (QED) is 0.537. The summed E-state index contributed by atoms with van der Waals surface area (Å²) in [4.78, 5) is 32.0. The summed E-state index contributed by atoms with van der Waals surface area (Å²) in [6, 6.07) is 3.48. The second kappa shape index (κ2) is 4.92. The second-order valence-electron chi connectivity index (χ2n) is 4.41. The average molecular weight is 267 g/mol. The lowest BCUT2D eigenvalue weighted by atomic mass is 10.0. The molecule has 4 N–H and O–H groups in total. The van der Waals surface area contributed by atoms with Crippen LogP contribution in [0.3, 0.4) is 0 Å². The number of nitro benzene ring substituents is 1. The van der Waals surface area contributed by atoms with E-state index in [1.54, 1.807) is 0 Å². The lowest BCUT2D eigenvalue weighted by molar-refractivity contribution is -0.385. The van der Waals surface area contributed by atoms with Crippen LogP contribution in [0.25, 0.3) is 0 Å². The molecule has 0 atom stereocenters. The van der Waals surface area contributed by atoms with Crippen molar-refractivity contribution in [2.45, 2.75) is 19.4 Å². The summed E-state index contributed by atoms with van der Waals surface area (Å²) in [5, 5.41) is 22.3. The number of hydrogen-bond donors (Lipinski definition) is 3. The Kier molecular flexibility index (Phi) is 3.74. The highest BCUT2D eigenvalue weighted by atomic mass is 16.6. The van der Waals surface area contributed by atoms with E-state index in [1.807, 2.05) is 0 Å². The number of hydrogen-bond acceptors (Lipinski definition) is 5. The molecule has 0 aliphatic rings. The Morgan fingerprint density at radius 2 is 2.00 bits per heavy atom.